The van der Waals surface area contributed by atoms with Crippen molar-refractivity contribution in [2.45, 2.75) is 50.2 Å². The van der Waals surface area contributed by atoms with Gasteiger partial charge in [0.25, 0.3) is 0 Å². The van der Waals surface area contributed by atoms with E-state index in [9.17, 15) is 4.79 Å². The zero-order valence-corrected chi connectivity index (χ0v) is 18.4. The molecule has 0 aliphatic heterocycles. The van der Waals surface area contributed by atoms with Crippen LogP contribution in [-0.2, 0) is 4.79 Å². The number of thioether (sulfide) groups is 1. The summed E-state index contributed by atoms with van der Waals surface area (Å²) >= 11 is 1.42. The van der Waals surface area contributed by atoms with E-state index in [2.05, 4.69) is 51.7 Å². The molecule has 1 aromatic carbocycles. The standard InChI is InChI=1S/C22H25N5OS.2H2O/c1-16-7-9-19(10-8-16)27-21(17-11-13-23-14-12-17)25-26-22(27)29-15-20(28)24-18-5-3-2-4-6-18;;/h7-14,18H,2-6,15H2,1H3,(H,24,28);2*1H2. The molecule has 9 heteroatoms. The summed E-state index contributed by atoms with van der Waals surface area (Å²) in [6, 6.07) is 12.4. The number of nitrogens with one attached hydrogen (secondary N) is 1. The van der Waals surface area contributed by atoms with Crippen molar-refractivity contribution in [1.82, 2.24) is 25.1 Å². The van der Waals surface area contributed by atoms with Gasteiger partial charge in [0.05, 0.1) is 5.75 Å². The number of pyridine rings is 1. The summed E-state index contributed by atoms with van der Waals surface area (Å²) in [5.74, 6) is 1.13. The third-order valence-electron chi connectivity index (χ3n) is 5.17. The molecule has 4 rings (SSSR count). The Morgan fingerprint density at radius 3 is 2.39 bits per heavy atom. The van der Waals surface area contributed by atoms with Crippen molar-refractivity contribution in [3.63, 3.8) is 0 Å². The maximum absolute atomic E-state index is 12.5. The van der Waals surface area contributed by atoms with Crippen molar-refractivity contribution in [1.29, 1.82) is 0 Å². The van der Waals surface area contributed by atoms with Gasteiger partial charge >= 0.3 is 0 Å². The third-order valence-corrected chi connectivity index (χ3v) is 6.10. The van der Waals surface area contributed by atoms with Crippen molar-refractivity contribution >= 4 is 17.7 Å². The Labute approximate surface area is 186 Å². The fourth-order valence-corrected chi connectivity index (χ4v) is 4.39. The molecule has 31 heavy (non-hydrogen) atoms. The number of benzene rings is 1. The summed E-state index contributed by atoms with van der Waals surface area (Å²) in [6.07, 6.45) is 9.34. The van der Waals surface area contributed by atoms with Gasteiger partial charge in [-0.2, -0.15) is 0 Å². The van der Waals surface area contributed by atoms with Gasteiger partial charge < -0.3 is 16.3 Å². The van der Waals surface area contributed by atoms with Crippen molar-refractivity contribution in [2.24, 2.45) is 0 Å². The van der Waals surface area contributed by atoms with Crippen molar-refractivity contribution < 1.29 is 15.7 Å². The summed E-state index contributed by atoms with van der Waals surface area (Å²) in [5, 5.41) is 12.7. The first-order valence-corrected chi connectivity index (χ1v) is 11.0. The van der Waals surface area contributed by atoms with Crippen molar-refractivity contribution in [3.05, 3.63) is 54.4 Å². The second kappa shape index (κ2) is 11.6. The Morgan fingerprint density at radius 1 is 1.03 bits per heavy atom. The molecule has 0 atom stereocenters. The van der Waals surface area contributed by atoms with Crippen LogP contribution in [0.2, 0.25) is 0 Å². The molecule has 0 saturated heterocycles. The lowest BCUT2D eigenvalue weighted by atomic mass is 9.95. The fourth-order valence-electron chi connectivity index (χ4n) is 3.62. The lowest BCUT2D eigenvalue weighted by Crippen LogP contribution is -2.37. The van der Waals surface area contributed by atoms with E-state index >= 15 is 0 Å². The first-order chi connectivity index (χ1) is 14.2. The second-order valence-corrected chi connectivity index (χ2v) is 8.35. The van der Waals surface area contributed by atoms with Crippen LogP contribution in [0.25, 0.3) is 17.1 Å². The molecular weight excluding hydrogens is 414 g/mol. The normalized spacial score (nSPS) is 13.7. The molecule has 8 nitrogen and oxygen atoms in total. The number of rotatable bonds is 6. The molecule has 1 amide bonds. The largest absolute Gasteiger partial charge is 0.412 e. The number of carbonyl (C=O) groups is 1. The van der Waals surface area contributed by atoms with Crippen LogP contribution in [-0.4, -0.2) is 48.4 Å². The van der Waals surface area contributed by atoms with Gasteiger partial charge in [-0.3, -0.25) is 14.3 Å². The second-order valence-electron chi connectivity index (χ2n) is 7.40. The van der Waals surface area contributed by atoms with E-state index in [1.165, 1.54) is 36.6 Å². The first kappa shape index (κ1) is 24.5. The summed E-state index contributed by atoms with van der Waals surface area (Å²) in [5.41, 5.74) is 3.10. The lowest BCUT2D eigenvalue weighted by molar-refractivity contribution is -0.119. The number of hydrogen-bond donors (Lipinski definition) is 1. The number of amides is 1. The minimum Gasteiger partial charge on any atom is -0.412 e. The molecule has 1 aliphatic rings. The zero-order valence-electron chi connectivity index (χ0n) is 17.5. The fraction of sp³-hybridized carbons (Fsp3) is 0.364. The van der Waals surface area contributed by atoms with Crippen LogP contribution < -0.4 is 5.32 Å². The van der Waals surface area contributed by atoms with Crippen LogP contribution in [0.4, 0.5) is 0 Å². The van der Waals surface area contributed by atoms with Gasteiger partial charge in [0.15, 0.2) is 11.0 Å². The first-order valence-electron chi connectivity index (χ1n) is 10.1. The van der Waals surface area contributed by atoms with E-state index in [1.807, 2.05) is 16.7 Å². The van der Waals surface area contributed by atoms with Crippen LogP contribution in [0.3, 0.4) is 0 Å². The van der Waals surface area contributed by atoms with Crippen molar-refractivity contribution in [3.8, 4) is 17.1 Å². The Kier molecular flexibility index (Phi) is 9.17. The predicted molar refractivity (Wildman–Crippen MR) is 122 cm³/mol. The topological polar surface area (TPSA) is 136 Å². The Bertz CT molecular complexity index is 957. The lowest BCUT2D eigenvalue weighted by Gasteiger charge is -2.22. The van der Waals surface area contributed by atoms with Crippen LogP contribution in [0.5, 0.6) is 0 Å². The molecule has 1 aliphatic carbocycles. The molecule has 5 N–H and O–H groups in total. The maximum atomic E-state index is 12.5. The van der Waals surface area contributed by atoms with E-state index in [0.717, 1.165) is 29.9 Å². The Balaban J connectivity index is 0.00000171. The zero-order chi connectivity index (χ0) is 20.1. The average Bonchev–Trinajstić information content (AvgIpc) is 3.18. The van der Waals surface area contributed by atoms with Gasteiger partial charge in [-0.25, -0.2) is 0 Å². The van der Waals surface area contributed by atoms with Crippen LogP contribution in [0.1, 0.15) is 37.7 Å². The monoisotopic (exact) mass is 443 g/mol. The van der Waals surface area contributed by atoms with Gasteiger partial charge in [0.1, 0.15) is 0 Å². The van der Waals surface area contributed by atoms with Gasteiger partial charge in [-0.15, -0.1) is 10.2 Å². The molecule has 1 fully saturated rings. The van der Waals surface area contributed by atoms with E-state index in [-0.39, 0.29) is 16.9 Å². The quantitative estimate of drug-likeness (QED) is 0.584. The van der Waals surface area contributed by atoms with Gasteiger partial charge in [-0.05, 0) is 44.0 Å². The number of aromatic nitrogens is 4. The Hall–Kier alpha value is -2.75. The molecule has 2 heterocycles. The molecular formula is C22H29N5O3S. The molecule has 0 unspecified atom stereocenters. The van der Waals surface area contributed by atoms with E-state index < -0.39 is 0 Å². The summed E-state index contributed by atoms with van der Waals surface area (Å²) in [4.78, 5) is 16.5. The molecule has 0 bridgehead atoms. The smallest absolute Gasteiger partial charge is 0.230 e. The predicted octanol–water partition coefficient (Wildman–Crippen LogP) is 2.53. The number of carbonyl (C=O) groups excluding carboxylic acids is 1. The number of nitrogens with zero attached hydrogens (tertiary/aromatic N) is 4. The molecule has 166 valence electrons. The van der Waals surface area contributed by atoms with Crippen LogP contribution >= 0.6 is 11.8 Å². The highest BCUT2D eigenvalue weighted by molar-refractivity contribution is 7.99. The summed E-state index contributed by atoms with van der Waals surface area (Å²) in [6.45, 7) is 2.06. The van der Waals surface area contributed by atoms with E-state index in [0.29, 0.717) is 17.0 Å². The molecule has 2 aromatic heterocycles. The van der Waals surface area contributed by atoms with Crippen LogP contribution in [0.15, 0.2) is 53.9 Å². The number of hydrogen-bond acceptors (Lipinski definition) is 5. The minimum atomic E-state index is 0. The number of aryl methyl sites for hydroxylation is 1. The molecule has 1 saturated carbocycles. The summed E-state index contributed by atoms with van der Waals surface area (Å²) < 4.78 is 2.01. The molecule has 0 spiro atoms. The third kappa shape index (κ3) is 6.13. The van der Waals surface area contributed by atoms with Crippen molar-refractivity contribution in [2.75, 3.05) is 5.75 Å². The highest BCUT2D eigenvalue weighted by atomic mass is 32.2. The maximum Gasteiger partial charge on any atom is 0.230 e. The molecule has 3 aromatic rings. The average molecular weight is 444 g/mol. The SMILES string of the molecule is Cc1ccc(-n2c(SCC(=O)NC3CCCCC3)nnc2-c2ccncc2)cc1.O.O. The summed E-state index contributed by atoms with van der Waals surface area (Å²) in [7, 11) is 0. The minimum absolute atomic E-state index is 0. The molecule has 0 radical (unpaired) electrons. The van der Waals surface area contributed by atoms with Gasteiger partial charge in [0, 0.05) is 29.7 Å². The highest BCUT2D eigenvalue weighted by Gasteiger charge is 2.19. The highest BCUT2D eigenvalue weighted by Crippen LogP contribution is 2.28. The Morgan fingerprint density at radius 2 is 1.71 bits per heavy atom. The van der Waals surface area contributed by atoms with E-state index in [4.69, 9.17) is 0 Å². The van der Waals surface area contributed by atoms with Gasteiger partial charge in [0.2, 0.25) is 5.91 Å². The van der Waals surface area contributed by atoms with Crippen LogP contribution in [0, 0.1) is 6.92 Å². The van der Waals surface area contributed by atoms with E-state index in [1.54, 1.807) is 12.4 Å². The van der Waals surface area contributed by atoms with Gasteiger partial charge in [-0.1, -0.05) is 48.7 Å².